The number of esters is 2. The molecule has 3 fully saturated rings. The van der Waals surface area contributed by atoms with Gasteiger partial charge in [-0.3, -0.25) is 9.59 Å². The van der Waals surface area contributed by atoms with E-state index in [0.29, 0.717) is 18.8 Å². The van der Waals surface area contributed by atoms with Crippen molar-refractivity contribution < 1.29 is 34.4 Å². The van der Waals surface area contributed by atoms with Gasteiger partial charge in [0, 0.05) is 19.8 Å². The van der Waals surface area contributed by atoms with Crippen molar-refractivity contribution in [3.63, 3.8) is 0 Å². The van der Waals surface area contributed by atoms with Crippen molar-refractivity contribution in [1.29, 1.82) is 0 Å². The summed E-state index contributed by atoms with van der Waals surface area (Å²) < 4.78 is 11.6. The SMILES string of the molecule is CC(=O)O[C@@H]1[C@@H]2[C@@H](OC(C)=O)C=C3[C@H](CC[C@]4(C)[C@@H]([C@@](C)(O)[C@H](O)CCC(C)C)CC[C@@H]34)[C@@]2(C)CC[C@@H]1O. The molecule has 0 saturated heterocycles. The minimum Gasteiger partial charge on any atom is -0.459 e. The standard InChI is InChI=1S/C31H50O7/c1-17(2)8-11-26(35)31(7,36)25-10-9-21-20-16-24(37-18(3)32)27-28(38-19(4)33)23(34)13-15-30(27,6)22(20)12-14-29(21,25)5/h16-17,21-28,34-36H,8-15H2,1-7H3/t21-,22-,23-,24-,25-,26+,27-,28-,29-,30+,31+/m0/s1. The van der Waals surface area contributed by atoms with Crippen molar-refractivity contribution in [1.82, 2.24) is 0 Å². The van der Waals surface area contributed by atoms with E-state index in [1.807, 2.05) is 6.92 Å². The number of aliphatic hydroxyl groups is 3. The second-order valence-electron chi connectivity index (χ2n) is 13.9. The largest absolute Gasteiger partial charge is 0.459 e. The van der Waals surface area contributed by atoms with E-state index in [9.17, 15) is 24.9 Å². The molecule has 3 N–H and O–H groups in total. The van der Waals surface area contributed by atoms with Crippen LogP contribution in [0.4, 0.5) is 0 Å². The summed E-state index contributed by atoms with van der Waals surface area (Å²) in [5.74, 6) is -0.301. The molecule has 11 atom stereocenters. The Kier molecular flexibility index (Phi) is 8.17. The van der Waals surface area contributed by atoms with Gasteiger partial charge in [-0.2, -0.15) is 0 Å². The Labute approximate surface area is 228 Å². The van der Waals surface area contributed by atoms with Crippen LogP contribution in [0.5, 0.6) is 0 Å². The number of fused-ring (bicyclic) bond motifs is 5. The molecule has 0 aromatic carbocycles. The van der Waals surface area contributed by atoms with Gasteiger partial charge in [0.1, 0.15) is 12.2 Å². The average Bonchev–Trinajstić information content (AvgIpc) is 3.17. The van der Waals surface area contributed by atoms with Gasteiger partial charge in [-0.25, -0.2) is 0 Å². The summed E-state index contributed by atoms with van der Waals surface area (Å²) in [6, 6.07) is 0. The maximum Gasteiger partial charge on any atom is 0.303 e. The highest BCUT2D eigenvalue weighted by molar-refractivity contribution is 5.67. The van der Waals surface area contributed by atoms with Gasteiger partial charge in [0.15, 0.2) is 0 Å². The fourth-order valence-corrected chi connectivity index (χ4v) is 9.22. The smallest absolute Gasteiger partial charge is 0.303 e. The average molecular weight is 535 g/mol. The fourth-order valence-electron chi connectivity index (χ4n) is 9.22. The van der Waals surface area contributed by atoms with Gasteiger partial charge in [-0.1, -0.05) is 33.3 Å². The second kappa shape index (κ2) is 10.5. The van der Waals surface area contributed by atoms with E-state index < -0.39 is 42.0 Å². The first kappa shape index (κ1) is 29.5. The maximum absolute atomic E-state index is 12.2. The first-order chi connectivity index (χ1) is 17.6. The van der Waals surface area contributed by atoms with Crippen LogP contribution in [0, 0.1) is 40.4 Å². The number of carbonyl (C=O) groups is 2. The van der Waals surface area contributed by atoms with Crippen LogP contribution in [-0.2, 0) is 19.1 Å². The lowest BCUT2D eigenvalue weighted by atomic mass is 9.46. The van der Waals surface area contributed by atoms with Crippen molar-refractivity contribution in [2.24, 2.45) is 40.4 Å². The lowest BCUT2D eigenvalue weighted by Gasteiger charge is -2.60. The number of rotatable bonds is 7. The quantitative estimate of drug-likeness (QED) is 0.324. The minimum atomic E-state index is -1.18. The molecule has 38 heavy (non-hydrogen) atoms. The van der Waals surface area contributed by atoms with Crippen LogP contribution in [0.15, 0.2) is 11.6 Å². The van der Waals surface area contributed by atoms with Crippen molar-refractivity contribution in [2.75, 3.05) is 0 Å². The predicted octanol–water partition coefficient (Wildman–Crippen LogP) is 4.56. The fraction of sp³-hybridized carbons (Fsp3) is 0.871. The molecular formula is C31H50O7. The first-order valence-electron chi connectivity index (χ1n) is 14.8. The van der Waals surface area contributed by atoms with Gasteiger partial charge in [0.2, 0.25) is 0 Å². The Hall–Kier alpha value is -1.44. The van der Waals surface area contributed by atoms with E-state index in [1.54, 1.807) is 0 Å². The van der Waals surface area contributed by atoms with Gasteiger partial charge >= 0.3 is 11.9 Å². The number of carbonyl (C=O) groups excluding carboxylic acids is 2. The summed E-state index contributed by atoms with van der Waals surface area (Å²) in [5.41, 5.74) is -0.380. The highest BCUT2D eigenvalue weighted by Crippen LogP contribution is 2.67. The molecule has 7 heteroatoms. The molecule has 0 unspecified atom stereocenters. The van der Waals surface area contributed by atoms with Gasteiger partial charge < -0.3 is 24.8 Å². The lowest BCUT2D eigenvalue weighted by Crippen LogP contribution is -2.61. The third kappa shape index (κ3) is 4.96. The molecular weight excluding hydrogens is 484 g/mol. The van der Waals surface area contributed by atoms with Crippen LogP contribution >= 0.6 is 0 Å². The van der Waals surface area contributed by atoms with E-state index in [2.05, 4.69) is 33.8 Å². The molecule has 216 valence electrons. The third-order valence-electron chi connectivity index (χ3n) is 11.1. The maximum atomic E-state index is 12.2. The highest BCUT2D eigenvalue weighted by Gasteiger charge is 2.64. The monoisotopic (exact) mass is 534 g/mol. The number of allylic oxidation sites excluding steroid dienone is 1. The summed E-state index contributed by atoms with van der Waals surface area (Å²) in [6.07, 6.45) is 5.55. The molecule has 0 aromatic rings. The molecule has 0 radical (unpaired) electrons. The van der Waals surface area contributed by atoms with Crippen LogP contribution in [0.25, 0.3) is 0 Å². The van der Waals surface area contributed by atoms with Gasteiger partial charge in [-0.05, 0) is 98.9 Å². The normalized spacial score (nSPS) is 42.7. The number of ether oxygens (including phenoxy) is 2. The Morgan fingerprint density at radius 3 is 2.21 bits per heavy atom. The summed E-state index contributed by atoms with van der Waals surface area (Å²) in [4.78, 5) is 24.2. The summed E-state index contributed by atoms with van der Waals surface area (Å²) in [6.45, 7) is 13.3. The topological polar surface area (TPSA) is 113 Å². The van der Waals surface area contributed by atoms with Gasteiger partial charge in [0.25, 0.3) is 0 Å². The zero-order valence-corrected chi connectivity index (χ0v) is 24.4. The van der Waals surface area contributed by atoms with Crippen molar-refractivity contribution >= 4 is 11.9 Å². The molecule has 0 aliphatic heterocycles. The molecule has 4 aliphatic rings. The molecule has 3 saturated carbocycles. The number of aliphatic hydroxyl groups excluding tert-OH is 2. The van der Waals surface area contributed by atoms with E-state index in [1.165, 1.54) is 19.4 Å². The van der Waals surface area contributed by atoms with E-state index in [4.69, 9.17) is 9.47 Å². The van der Waals surface area contributed by atoms with Crippen LogP contribution in [0.2, 0.25) is 0 Å². The minimum absolute atomic E-state index is 0.0382. The van der Waals surface area contributed by atoms with E-state index in [0.717, 1.165) is 38.5 Å². The predicted molar refractivity (Wildman–Crippen MR) is 144 cm³/mol. The van der Waals surface area contributed by atoms with E-state index >= 15 is 0 Å². The number of hydrogen-bond donors (Lipinski definition) is 3. The molecule has 0 bridgehead atoms. The third-order valence-corrected chi connectivity index (χ3v) is 11.1. The molecule has 4 rings (SSSR count). The summed E-state index contributed by atoms with van der Waals surface area (Å²) in [7, 11) is 0. The van der Waals surface area contributed by atoms with Gasteiger partial charge in [0.05, 0.1) is 17.8 Å². The zero-order chi connectivity index (χ0) is 28.2. The molecule has 0 amide bonds. The zero-order valence-electron chi connectivity index (χ0n) is 24.4. The molecule has 0 heterocycles. The molecule has 0 spiro atoms. The van der Waals surface area contributed by atoms with Crippen molar-refractivity contribution in [3.8, 4) is 0 Å². The molecule has 7 nitrogen and oxygen atoms in total. The Morgan fingerprint density at radius 2 is 1.61 bits per heavy atom. The summed E-state index contributed by atoms with van der Waals surface area (Å²) >= 11 is 0. The lowest BCUT2D eigenvalue weighted by molar-refractivity contribution is -0.196. The highest BCUT2D eigenvalue weighted by atomic mass is 16.6. The van der Waals surface area contributed by atoms with Crippen LogP contribution in [0.1, 0.15) is 99.8 Å². The van der Waals surface area contributed by atoms with Gasteiger partial charge in [-0.15, -0.1) is 0 Å². The first-order valence-corrected chi connectivity index (χ1v) is 14.8. The van der Waals surface area contributed by atoms with Crippen molar-refractivity contribution in [2.45, 2.75) is 130 Å². The molecule has 4 aliphatic carbocycles. The van der Waals surface area contributed by atoms with E-state index in [-0.39, 0.29) is 34.5 Å². The Morgan fingerprint density at radius 1 is 1.00 bits per heavy atom. The number of hydrogen-bond acceptors (Lipinski definition) is 7. The van der Waals surface area contributed by atoms with Crippen molar-refractivity contribution in [3.05, 3.63) is 11.6 Å². The summed E-state index contributed by atoms with van der Waals surface area (Å²) in [5, 5.41) is 33.7. The second-order valence-corrected chi connectivity index (χ2v) is 13.9. The van der Waals surface area contributed by atoms with Crippen LogP contribution < -0.4 is 0 Å². The van der Waals surface area contributed by atoms with Crippen LogP contribution in [-0.4, -0.2) is 57.3 Å². The Balaban J connectivity index is 1.71. The molecule has 0 aromatic heterocycles. The Bertz CT molecular complexity index is 941. The van der Waals surface area contributed by atoms with Crippen LogP contribution in [0.3, 0.4) is 0 Å².